The minimum absolute atomic E-state index is 0.157. The van der Waals surface area contributed by atoms with Gasteiger partial charge in [-0.2, -0.15) is 0 Å². The molecular weight excluding hydrogens is 356 g/mol. The molecule has 0 unspecified atom stereocenters. The van der Waals surface area contributed by atoms with Crippen LogP contribution >= 0.6 is 0 Å². The first kappa shape index (κ1) is 21.8. The van der Waals surface area contributed by atoms with E-state index in [0.29, 0.717) is 4.90 Å². The molecule has 0 aliphatic rings. The molecule has 7 nitrogen and oxygen atoms in total. The fourth-order valence-corrected chi connectivity index (χ4v) is 3.47. The standard InChI is InChI=1S/C18H26N2O5S/c1-12(2)16(19-13(3)21)17(22)20-15(18(23)25-4)10-11-26(24)14-8-6-5-7-9-14/h5-9,12,15-16H,10-11H2,1-4H3,(H,19,21)(H,20,22)/t15-,16+,26+/m0/s1. The molecule has 0 aliphatic heterocycles. The second kappa shape index (κ2) is 10.7. The van der Waals surface area contributed by atoms with E-state index in [1.165, 1.54) is 14.0 Å². The summed E-state index contributed by atoms with van der Waals surface area (Å²) in [5, 5.41) is 5.17. The van der Waals surface area contributed by atoms with Crippen molar-refractivity contribution in [3.05, 3.63) is 30.3 Å². The van der Waals surface area contributed by atoms with Gasteiger partial charge in [0.1, 0.15) is 12.1 Å². The molecule has 1 aromatic rings. The number of methoxy groups -OCH3 is 1. The molecule has 2 N–H and O–H groups in total. The van der Waals surface area contributed by atoms with Gasteiger partial charge in [0.2, 0.25) is 11.8 Å². The van der Waals surface area contributed by atoms with Crippen molar-refractivity contribution >= 4 is 28.6 Å². The normalized spacial score (nSPS) is 14.2. The second-order valence-electron chi connectivity index (χ2n) is 6.16. The highest BCUT2D eigenvalue weighted by Gasteiger charge is 2.28. The largest absolute Gasteiger partial charge is 0.467 e. The van der Waals surface area contributed by atoms with Crippen LogP contribution in [0.1, 0.15) is 27.2 Å². The maximum absolute atomic E-state index is 12.5. The van der Waals surface area contributed by atoms with Gasteiger partial charge < -0.3 is 15.4 Å². The molecule has 3 atom stereocenters. The molecule has 0 saturated heterocycles. The van der Waals surface area contributed by atoms with Crippen LogP contribution < -0.4 is 10.6 Å². The molecule has 0 saturated carbocycles. The molecule has 0 aromatic heterocycles. The Morgan fingerprint density at radius 2 is 1.73 bits per heavy atom. The zero-order valence-corrected chi connectivity index (χ0v) is 16.3. The maximum Gasteiger partial charge on any atom is 0.328 e. The quantitative estimate of drug-likeness (QED) is 0.621. The Morgan fingerprint density at radius 3 is 2.23 bits per heavy atom. The topological polar surface area (TPSA) is 102 Å². The van der Waals surface area contributed by atoms with Crippen LogP contribution in [0.4, 0.5) is 0 Å². The summed E-state index contributed by atoms with van der Waals surface area (Å²) >= 11 is 0. The summed E-state index contributed by atoms with van der Waals surface area (Å²) in [6, 6.07) is 7.18. The maximum atomic E-state index is 12.5. The minimum atomic E-state index is -1.29. The van der Waals surface area contributed by atoms with Gasteiger partial charge in [-0.05, 0) is 24.5 Å². The number of nitrogens with one attached hydrogen (secondary N) is 2. The Labute approximate surface area is 156 Å². The summed E-state index contributed by atoms with van der Waals surface area (Å²) in [4.78, 5) is 36.4. The summed E-state index contributed by atoms with van der Waals surface area (Å²) in [5.74, 6) is -1.39. The molecule has 8 heteroatoms. The van der Waals surface area contributed by atoms with Crippen LogP contribution in [0, 0.1) is 5.92 Å². The number of carbonyl (C=O) groups excluding carboxylic acids is 3. The van der Waals surface area contributed by atoms with E-state index in [2.05, 4.69) is 10.6 Å². The van der Waals surface area contributed by atoms with E-state index in [0.717, 1.165) is 0 Å². The highest BCUT2D eigenvalue weighted by Crippen LogP contribution is 2.09. The smallest absolute Gasteiger partial charge is 0.328 e. The Hall–Kier alpha value is -2.22. The number of esters is 1. The molecule has 0 fully saturated rings. The second-order valence-corrected chi connectivity index (χ2v) is 7.73. The highest BCUT2D eigenvalue weighted by molar-refractivity contribution is 7.85. The van der Waals surface area contributed by atoms with E-state index in [4.69, 9.17) is 4.74 Å². The van der Waals surface area contributed by atoms with Crippen LogP contribution in [-0.2, 0) is 29.9 Å². The molecule has 0 aliphatic carbocycles. The van der Waals surface area contributed by atoms with Crippen LogP contribution in [0.3, 0.4) is 0 Å². The van der Waals surface area contributed by atoms with Crippen molar-refractivity contribution in [2.45, 2.75) is 44.2 Å². The lowest BCUT2D eigenvalue weighted by atomic mass is 10.0. The summed E-state index contributed by atoms with van der Waals surface area (Å²) < 4.78 is 17.1. The highest BCUT2D eigenvalue weighted by atomic mass is 32.2. The summed E-state index contributed by atoms with van der Waals surface area (Å²) in [6.45, 7) is 4.90. The number of hydrogen-bond donors (Lipinski definition) is 2. The Kier molecular flexibility index (Phi) is 8.98. The lowest BCUT2D eigenvalue weighted by Gasteiger charge is -2.24. The number of rotatable bonds is 9. The Bertz CT molecular complexity index is 648. The van der Waals surface area contributed by atoms with E-state index in [9.17, 15) is 18.6 Å². The van der Waals surface area contributed by atoms with Crippen molar-refractivity contribution in [1.82, 2.24) is 10.6 Å². The van der Waals surface area contributed by atoms with Crippen molar-refractivity contribution < 1.29 is 23.3 Å². The predicted octanol–water partition coefficient (Wildman–Crippen LogP) is 1.00. The molecule has 1 rings (SSSR count). The molecule has 0 spiro atoms. The number of carbonyl (C=O) groups is 3. The van der Waals surface area contributed by atoms with Gasteiger partial charge in [0.05, 0.1) is 17.9 Å². The third-order valence-electron chi connectivity index (χ3n) is 3.71. The molecule has 0 heterocycles. The number of benzene rings is 1. The van der Waals surface area contributed by atoms with Gasteiger partial charge in [0.25, 0.3) is 0 Å². The molecule has 26 heavy (non-hydrogen) atoms. The van der Waals surface area contributed by atoms with Gasteiger partial charge in [-0.1, -0.05) is 32.0 Å². The predicted molar refractivity (Wildman–Crippen MR) is 98.7 cm³/mol. The third-order valence-corrected chi connectivity index (χ3v) is 5.11. The summed E-state index contributed by atoms with van der Waals surface area (Å²) in [5.41, 5.74) is 0. The minimum Gasteiger partial charge on any atom is -0.467 e. The lowest BCUT2D eigenvalue weighted by molar-refractivity contribution is -0.145. The third kappa shape index (κ3) is 6.95. The van der Waals surface area contributed by atoms with E-state index in [1.54, 1.807) is 38.1 Å². The van der Waals surface area contributed by atoms with Crippen molar-refractivity contribution in [3.63, 3.8) is 0 Å². The molecule has 1 aromatic carbocycles. The summed E-state index contributed by atoms with van der Waals surface area (Å²) in [6.07, 6.45) is 0.158. The van der Waals surface area contributed by atoms with Crippen LogP contribution in [0.25, 0.3) is 0 Å². The van der Waals surface area contributed by atoms with Gasteiger partial charge in [0.15, 0.2) is 0 Å². The molecule has 144 valence electrons. The Morgan fingerprint density at radius 1 is 1.12 bits per heavy atom. The fourth-order valence-electron chi connectivity index (χ4n) is 2.32. The molecular formula is C18H26N2O5S. The number of hydrogen-bond acceptors (Lipinski definition) is 5. The lowest BCUT2D eigenvalue weighted by Crippen LogP contribution is -2.53. The van der Waals surface area contributed by atoms with Gasteiger partial charge in [-0.15, -0.1) is 0 Å². The van der Waals surface area contributed by atoms with Crippen LogP contribution in [0.5, 0.6) is 0 Å². The fraction of sp³-hybridized carbons (Fsp3) is 0.500. The molecule has 2 amide bonds. The van der Waals surface area contributed by atoms with E-state index in [-0.39, 0.29) is 24.0 Å². The average molecular weight is 382 g/mol. The first-order valence-corrected chi connectivity index (χ1v) is 9.66. The summed E-state index contributed by atoms with van der Waals surface area (Å²) in [7, 11) is -0.0692. The van der Waals surface area contributed by atoms with Crippen LogP contribution in [-0.4, -0.2) is 46.9 Å². The van der Waals surface area contributed by atoms with Gasteiger partial charge >= 0.3 is 5.97 Å². The van der Waals surface area contributed by atoms with Crippen LogP contribution in [0.2, 0.25) is 0 Å². The monoisotopic (exact) mass is 382 g/mol. The van der Waals surface area contributed by atoms with Gasteiger partial charge in [-0.25, -0.2) is 4.79 Å². The van der Waals surface area contributed by atoms with E-state index < -0.39 is 34.8 Å². The first-order valence-electron chi connectivity index (χ1n) is 8.35. The van der Waals surface area contributed by atoms with Crippen LogP contribution in [0.15, 0.2) is 35.2 Å². The van der Waals surface area contributed by atoms with Gasteiger partial charge in [-0.3, -0.25) is 13.8 Å². The van der Waals surface area contributed by atoms with Crippen molar-refractivity contribution in [1.29, 1.82) is 0 Å². The molecule has 0 bridgehead atoms. The van der Waals surface area contributed by atoms with Crippen molar-refractivity contribution in [3.8, 4) is 0 Å². The SMILES string of the molecule is COC(=O)[C@H](CC[S@@](=O)c1ccccc1)NC(=O)[C@H](NC(C)=O)C(C)C. The van der Waals surface area contributed by atoms with Crippen molar-refractivity contribution in [2.24, 2.45) is 5.92 Å². The Balaban J connectivity index is 2.77. The average Bonchev–Trinajstić information content (AvgIpc) is 2.62. The zero-order chi connectivity index (χ0) is 19.7. The van der Waals surface area contributed by atoms with Crippen molar-refractivity contribution in [2.75, 3.05) is 12.9 Å². The molecule has 0 radical (unpaired) electrons. The number of amides is 2. The first-order chi connectivity index (χ1) is 12.3. The zero-order valence-electron chi connectivity index (χ0n) is 15.5. The number of ether oxygens (including phenoxy) is 1. The van der Waals surface area contributed by atoms with E-state index in [1.807, 2.05) is 6.07 Å². The van der Waals surface area contributed by atoms with E-state index >= 15 is 0 Å². The van der Waals surface area contributed by atoms with Gasteiger partial charge in [0, 0.05) is 17.6 Å².